The van der Waals surface area contributed by atoms with Crippen LogP contribution in [0, 0.1) is 5.92 Å². The van der Waals surface area contributed by atoms with Gasteiger partial charge in [-0.3, -0.25) is 0 Å². The van der Waals surface area contributed by atoms with Crippen molar-refractivity contribution in [2.24, 2.45) is 5.92 Å². The topological polar surface area (TPSA) is 38.8 Å². The number of nitrogens with zero attached hydrogens (tertiary/aromatic N) is 1. The normalized spacial score (nSPS) is 18.6. The van der Waals surface area contributed by atoms with Crippen LogP contribution in [0.1, 0.15) is 26.7 Å². The van der Waals surface area contributed by atoms with Gasteiger partial charge in [0.25, 0.3) is 0 Å². The third-order valence-corrected chi connectivity index (χ3v) is 2.95. The maximum absolute atomic E-state index is 11.0. The van der Waals surface area contributed by atoms with E-state index in [9.17, 15) is 4.79 Å². The van der Waals surface area contributed by atoms with Crippen LogP contribution < -0.4 is 0 Å². The summed E-state index contributed by atoms with van der Waals surface area (Å²) in [6, 6.07) is 0. The zero-order valence-corrected chi connectivity index (χ0v) is 10.4. The van der Waals surface area contributed by atoms with Crippen LogP contribution in [-0.2, 0) is 14.3 Å². The maximum Gasteiger partial charge on any atom is 0.332 e. The first-order valence-corrected chi connectivity index (χ1v) is 6.18. The van der Waals surface area contributed by atoms with Crippen molar-refractivity contribution in [2.45, 2.75) is 26.7 Å². The Labute approximate surface area is 97.9 Å². The average molecular weight is 229 g/mol. The highest BCUT2D eigenvalue weighted by atomic mass is 16.6. The second kappa shape index (κ2) is 7.63. The van der Waals surface area contributed by atoms with Gasteiger partial charge in [0.05, 0.1) is 13.2 Å². The summed E-state index contributed by atoms with van der Waals surface area (Å²) >= 11 is 0. The second-order valence-corrected chi connectivity index (χ2v) is 4.38. The van der Waals surface area contributed by atoms with Crippen LogP contribution in [0.5, 0.6) is 0 Å². The molecule has 1 heterocycles. The molecule has 0 aromatic carbocycles. The summed E-state index contributed by atoms with van der Waals surface area (Å²) in [7, 11) is 0. The molecule has 1 aliphatic rings. The van der Waals surface area contributed by atoms with Crippen LogP contribution >= 0.6 is 0 Å². The molecule has 94 valence electrons. The fourth-order valence-electron chi connectivity index (χ4n) is 1.84. The number of hydrogen-bond acceptors (Lipinski definition) is 4. The summed E-state index contributed by atoms with van der Waals surface area (Å²) in [5.74, 6) is 0.589. The Balaban J connectivity index is 1.97. The van der Waals surface area contributed by atoms with Gasteiger partial charge in [-0.15, -0.1) is 0 Å². The van der Waals surface area contributed by atoms with Gasteiger partial charge < -0.3 is 14.4 Å². The SMILES string of the molecule is CCOC(=O)COCCN1CCC(C)CC1. The third-order valence-electron chi connectivity index (χ3n) is 2.95. The molecule has 1 rings (SSSR count). The Morgan fingerprint density at radius 3 is 2.69 bits per heavy atom. The van der Waals surface area contributed by atoms with Crippen LogP contribution in [0.3, 0.4) is 0 Å². The molecule has 0 N–H and O–H groups in total. The van der Waals surface area contributed by atoms with Crippen LogP contribution in [0.4, 0.5) is 0 Å². The molecule has 1 aliphatic heterocycles. The molecular formula is C12H23NO3. The first kappa shape index (κ1) is 13.5. The molecule has 0 unspecified atom stereocenters. The minimum atomic E-state index is -0.269. The van der Waals surface area contributed by atoms with Gasteiger partial charge in [0.2, 0.25) is 0 Å². The van der Waals surface area contributed by atoms with Crippen molar-refractivity contribution in [2.75, 3.05) is 39.5 Å². The van der Waals surface area contributed by atoms with E-state index in [2.05, 4.69) is 11.8 Å². The number of carbonyl (C=O) groups is 1. The number of likely N-dealkylation sites (tertiary alicyclic amines) is 1. The monoisotopic (exact) mass is 229 g/mol. The fourth-order valence-corrected chi connectivity index (χ4v) is 1.84. The Morgan fingerprint density at radius 1 is 1.38 bits per heavy atom. The van der Waals surface area contributed by atoms with E-state index in [4.69, 9.17) is 9.47 Å². The number of ether oxygens (including phenoxy) is 2. The predicted octanol–water partition coefficient (Wildman–Crippen LogP) is 1.30. The highest BCUT2D eigenvalue weighted by Gasteiger charge is 2.15. The van der Waals surface area contributed by atoms with E-state index in [-0.39, 0.29) is 12.6 Å². The van der Waals surface area contributed by atoms with Crippen molar-refractivity contribution < 1.29 is 14.3 Å². The van der Waals surface area contributed by atoms with Crippen molar-refractivity contribution in [3.05, 3.63) is 0 Å². The molecule has 0 saturated carbocycles. The molecule has 0 bridgehead atoms. The second-order valence-electron chi connectivity index (χ2n) is 4.38. The van der Waals surface area contributed by atoms with E-state index in [1.807, 2.05) is 0 Å². The van der Waals surface area contributed by atoms with Gasteiger partial charge in [-0.25, -0.2) is 4.79 Å². The summed E-state index contributed by atoms with van der Waals surface area (Å²) in [5, 5.41) is 0. The Bertz CT molecular complexity index is 200. The number of carbonyl (C=O) groups excluding carboxylic acids is 1. The van der Waals surface area contributed by atoms with Crippen LogP contribution in [0.25, 0.3) is 0 Å². The molecular weight excluding hydrogens is 206 g/mol. The van der Waals surface area contributed by atoms with E-state index in [0.29, 0.717) is 13.2 Å². The van der Waals surface area contributed by atoms with Gasteiger partial charge in [0.15, 0.2) is 0 Å². The molecule has 4 heteroatoms. The predicted molar refractivity (Wildman–Crippen MR) is 62.3 cm³/mol. The number of hydrogen-bond donors (Lipinski definition) is 0. The van der Waals surface area contributed by atoms with Gasteiger partial charge in [0, 0.05) is 6.54 Å². The molecule has 16 heavy (non-hydrogen) atoms. The molecule has 1 fully saturated rings. The largest absolute Gasteiger partial charge is 0.464 e. The first-order chi connectivity index (χ1) is 7.72. The summed E-state index contributed by atoms with van der Waals surface area (Å²) in [6.07, 6.45) is 2.55. The van der Waals surface area contributed by atoms with Gasteiger partial charge in [-0.2, -0.15) is 0 Å². The summed E-state index contributed by atoms with van der Waals surface area (Å²) < 4.78 is 10.0. The number of rotatable bonds is 6. The highest BCUT2D eigenvalue weighted by molar-refractivity contribution is 5.70. The molecule has 0 atom stereocenters. The first-order valence-electron chi connectivity index (χ1n) is 6.18. The van der Waals surface area contributed by atoms with Crippen molar-refractivity contribution in [3.8, 4) is 0 Å². The van der Waals surface area contributed by atoms with E-state index in [1.54, 1.807) is 6.92 Å². The van der Waals surface area contributed by atoms with Gasteiger partial charge in [-0.1, -0.05) is 6.92 Å². The minimum absolute atomic E-state index is 0.0814. The van der Waals surface area contributed by atoms with Crippen molar-refractivity contribution in [1.29, 1.82) is 0 Å². The maximum atomic E-state index is 11.0. The molecule has 0 aromatic heterocycles. The van der Waals surface area contributed by atoms with Crippen LogP contribution in [0.2, 0.25) is 0 Å². The van der Waals surface area contributed by atoms with Crippen molar-refractivity contribution in [1.82, 2.24) is 4.90 Å². The smallest absolute Gasteiger partial charge is 0.332 e. The standard InChI is InChI=1S/C12H23NO3/c1-3-16-12(14)10-15-9-8-13-6-4-11(2)5-7-13/h11H,3-10H2,1-2H3. The third kappa shape index (κ3) is 5.47. The number of esters is 1. The molecule has 0 aliphatic carbocycles. The molecule has 0 spiro atoms. The van der Waals surface area contributed by atoms with E-state index < -0.39 is 0 Å². The molecule has 4 nitrogen and oxygen atoms in total. The molecule has 0 amide bonds. The van der Waals surface area contributed by atoms with Gasteiger partial charge >= 0.3 is 5.97 Å². The van der Waals surface area contributed by atoms with Crippen molar-refractivity contribution in [3.63, 3.8) is 0 Å². The lowest BCUT2D eigenvalue weighted by molar-refractivity contribution is -0.148. The molecule has 0 aromatic rings. The Morgan fingerprint density at radius 2 is 2.06 bits per heavy atom. The zero-order valence-electron chi connectivity index (χ0n) is 10.4. The summed E-state index contributed by atoms with van der Waals surface area (Å²) in [4.78, 5) is 13.4. The minimum Gasteiger partial charge on any atom is -0.464 e. The number of piperidine rings is 1. The van der Waals surface area contributed by atoms with Gasteiger partial charge in [-0.05, 0) is 38.8 Å². The highest BCUT2D eigenvalue weighted by Crippen LogP contribution is 2.15. The average Bonchev–Trinajstić information content (AvgIpc) is 2.27. The van der Waals surface area contributed by atoms with E-state index in [0.717, 1.165) is 25.6 Å². The van der Waals surface area contributed by atoms with Gasteiger partial charge in [0.1, 0.15) is 6.61 Å². The van der Waals surface area contributed by atoms with Crippen LogP contribution in [0.15, 0.2) is 0 Å². The quantitative estimate of drug-likeness (QED) is 0.508. The molecule has 1 saturated heterocycles. The van der Waals surface area contributed by atoms with Crippen LogP contribution in [-0.4, -0.2) is 50.3 Å². The lowest BCUT2D eigenvalue weighted by Crippen LogP contribution is -2.35. The summed E-state index contributed by atoms with van der Waals surface area (Å²) in [6.45, 7) is 8.46. The lowest BCUT2D eigenvalue weighted by Gasteiger charge is -2.29. The Kier molecular flexibility index (Phi) is 6.42. The van der Waals surface area contributed by atoms with E-state index in [1.165, 1.54) is 12.8 Å². The fraction of sp³-hybridized carbons (Fsp3) is 0.917. The molecule has 0 radical (unpaired) electrons. The Hall–Kier alpha value is -0.610. The lowest BCUT2D eigenvalue weighted by atomic mass is 9.99. The zero-order chi connectivity index (χ0) is 11.8. The summed E-state index contributed by atoms with van der Waals surface area (Å²) in [5.41, 5.74) is 0. The van der Waals surface area contributed by atoms with Crippen molar-refractivity contribution >= 4 is 5.97 Å². The van der Waals surface area contributed by atoms with E-state index >= 15 is 0 Å².